The van der Waals surface area contributed by atoms with E-state index in [4.69, 9.17) is 16.3 Å². The highest BCUT2D eigenvalue weighted by atomic mass is 35.5. The summed E-state index contributed by atoms with van der Waals surface area (Å²) in [5.74, 6) is -0.0817. The molecule has 0 amide bonds. The topological polar surface area (TPSA) is 22.1 Å². The molecule has 1 aromatic rings. The van der Waals surface area contributed by atoms with Crippen molar-refractivity contribution in [1.29, 1.82) is 0 Å². The Hall–Kier alpha value is -0.970. The van der Waals surface area contributed by atoms with Crippen molar-refractivity contribution in [1.82, 2.24) is 4.98 Å². The van der Waals surface area contributed by atoms with Crippen LogP contribution < -0.4 is 4.74 Å². The molecule has 0 radical (unpaired) electrons. The molecule has 6 heteroatoms. The number of pyridine rings is 1. The van der Waals surface area contributed by atoms with E-state index in [1.807, 2.05) is 0 Å². The van der Waals surface area contributed by atoms with Crippen molar-refractivity contribution in [2.24, 2.45) is 0 Å². The van der Waals surface area contributed by atoms with Crippen LogP contribution in [0.5, 0.6) is 5.88 Å². The third kappa shape index (κ3) is 3.27. The smallest absolute Gasteiger partial charge is 0.418 e. The summed E-state index contributed by atoms with van der Waals surface area (Å²) >= 11 is 5.38. The van der Waals surface area contributed by atoms with Gasteiger partial charge >= 0.3 is 6.18 Å². The molecule has 0 bridgehead atoms. The van der Waals surface area contributed by atoms with Crippen LogP contribution in [0.2, 0.25) is 5.02 Å². The van der Waals surface area contributed by atoms with Crippen LogP contribution >= 0.6 is 11.6 Å². The van der Waals surface area contributed by atoms with Crippen LogP contribution in [0, 0.1) is 0 Å². The number of ether oxygens (including phenoxy) is 1. The van der Waals surface area contributed by atoms with E-state index in [2.05, 4.69) is 4.98 Å². The van der Waals surface area contributed by atoms with Gasteiger partial charge in [-0.25, -0.2) is 4.98 Å². The average Bonchev–Trinajstić information content (AvgIpc) is 2.05. The molecule has 0 aromatic carbocycles. The highest BCUT2D eigenvalue weighted by molar-refractivity contribution is 6.31. The van der Waals surface area contributed by atoms with E-state index in [1.54, 1.807) is 13.8 Å². The number of halogens is 4. The van der Waals surface area contributed by atoms with E-state index in [-0.39, 0.29) is 12.0 Å². The second kappa shape index (κ2) is 4.26. The first-order valence-corrected chi connectivity index (χ1v) is 4.58. The van der Waals surface area contributed by atoms with Crippen molar-refractivity contribution >= 4 is 11.6 Å². The molecule has 1 rings (SSSR count). The minimum atomic E-state index is -4.49. The predicted molar refractivity (Wildman–Crippen MR) is 50.0 cm³/mol. The maximum atomic E-state index is 12.4. The molecule has 84 valence electrons. The summed E-state index contributed by atoms with van der Waals surface area (Å²) in [5.41, 5.74) is -0.935. The summed E-state index contributed by atoms with van der Waals surface area (Å²) in [5, 5.41) is -0.432. The van der Waals surface area contributed by atoms with Crippen molar-refractivity contribution in [2.75, 3.05) is 0 Å². The zero-order valence-electron chi connectivity index (χ0n) is 8.10. The highest BCUT2D eigenvalue weighted by Crippen LogP contribution is 2.35. The number of aromatic nitrogens is 1. The molecule has 0 spiro atoms. The second-order valence-electron chi connectivity index (χ2n) is 3.17. The SMILES string of the molecule is CC(C)Oc1cc(C(F)(F)F)c(Cl)cn1. The van der Waals surface area contributed by atoms with Gasteiger partial charge < -0.3 is 4.74 Å². The third-order valence-electron chi connectivity index (χ3n) is 1.49. The molecule has 0 aliphatic heterocycles. The summed E-state index contributed by atoms with van der Waals surface area (Å²) in [7, 11) is 0. The quantitative estimate of drug-likeness (QED) is 0.788. The average molecular weight is 240 g/mol. The monoisotopic (exact) mass is 239 g/mol. The maximum Gasteiger partial charge on any atom is 0.418 e. The third-order valence-corrected chi connectivity index (χ3v) is 1.79. The fourth-order valence-corrected chi connectivity index (χ4v) is 1.15. The van der Waals surface area contributed by atoms with Gasteiger partial charge in [-0.1, -0.05) is 11.6 Å². The molecule has 1 aromatic heterocycles. The fraction of sp³-hybridized carbons (Fsp3) is 0.444. The summed E-state index contributed by atoms with van der Waals surface area (Å²) in [6, 6.07) is 0.794. The Balaban J connectivity index is 3.06. The van der Waals surface area contributed by atoms with E-state index < -0.39 is 16.8 Å². The summed E-state index contributed by atoms with van der Waals surface area (Å²) in [4.78, 5) is 3.64. The Bertz CT molecular complexity index is 352. The molecular formula is C9H9ClF3NO. The number of rotatable bonds is 2. The lowest BCUT2D eigenvalue weighted by Gasteiger charge is -2.12. The number of hydrogen-bond acceptors (Lipinski definition) is 2. The Kier molecular flexibility index (Phi) is 3.44. The van der Waals surface area contributed by atoms with Crippen molar-refractivity contribution in [2.45, 2.75) is 26.1 Å². The van der Waals surface area contributed by atoms with Crippen LogP contribution in [-0.4, -0.2) is 11.1 Å². The molecule has 15 heavy (non-hydrogen) atoms. The lowest BCUT2D eigenvalue weighted by atomic mass is 10.2. The molecule has 0 fully saturated rings. The molecule has 0 unspecified atom stereocenters. The molecule has 0 aliphatic carbocycles. The summed E-state index contributed by atoms with van der Waals surface area (Å²) in [6.07, 6.45) is -3.79. The number of alkyl halides is 3. The highest BCUT2D eigenvalue weighted by Gasteiger charge is 2.34. The van der Waals surface area contributed by atoms with Gasteiger partial charge in [0.25, 0.3) is 0 Å². The molecule has 0 saturated carbocycles. The Morgan fingerprint density at radius 3 is 2.47 bits per heavy atom. The lowest BCUT2D eigenvalue weighted by molar-refractivity contribution is -0.137. The van der Waals surface area contributed by atoms with Gasteiger partial charge in [0.05, 0.1) is 22.9 Å². The number of hydrogen-bond donors (Lipinski definition) is 0. The van der Waals surface area contributed by atoms with Crippen LogP contribution in [0.25, 0.3) is 0 Å². The zero-order valence-corrected chi connectivity index (χ0v) is 8.86. The van der Waals surface area contributed by atoms with Crippen molar-refractivity contribution in [3.8, 4) is 5.88 Å². The Labute approximate surface area is 90.0 Å². The maximum absolute atomic E-state index is 12.4. The molecule has 1 heterocycles. The van der Waals surface area contributed by atoms with Crippen LogP contribution in [0.3, 0.4) is 0 Å². The van der Waals surface area contributed by atoms with Crippen molar-refractivity contribution in [3.63, 3.8) is 0 Å². The first-order chi connectivity index (χ1) is 6.80. The molecule has 0 saturated heterocycles. The van der Waals surface area contributed by atoms with Gasteiger partial charge in [-0.2, -0.15) is 13.2 Å². The normalized spacial score (nSPS) is 11.9. The van der Waals surface area contributed by atoms with Gasteiger partial charge in [-0.05, 0) is 13.8 Å². The largest absolute Gasteiger partial charge is 0.475 e. The van der Waals surface area contributed by atoms with Crippen molar-refractivity contribution in [3.05, 3.63) is 22.8 Å². The van der Waals surface area contributed by atoms with Gasteiger partial charge in [0.1, 0.15) is 0 Å². The first-order valence-electron chi connectivity index (χ1n) is 4.20. The number of nitrogens with zero attached hydrogens (tertiary/aromatic N) is 1. The zero-order chi connectivity index (χ0) is 11.6. The van der Waals surface area contributed by atoms with Crippen molar-refractivity contribution < 1.29 is 17.9 Å². The van der Waals surface area contributed by atoms with Gasteiger partial charge in [0.15, 0.2) is 0 Å². The molecule has 0 aliphatic rings. The Morgan fingerprint density at radius 1 is 1.40 bits per heavy atom. The minimum absolute atomic E-state index is 0.0817. The summed E-state index contributed by atoms with van der Waals surface area (Å²) in [6.45, 7) is 3.40. The van der Waals surface area contributed by atoms with Gasteiger partial charge in [0.2, 0.25) is 5.88 Å². The second-order valence-corrected chi connectivity index (χ2v) is 3.57. The van der Waals surface area contributed by atoms with Crippen LogP contribution in [-0.2, 0) is 6.18 Å². The fourth-order valence-electron chi connectivity index (χ4n) is 0.943. The molecular weight excluding hydrogens is 231 g/mol. The Morgan fingerprint density at radius 2 is 2.00 bits per heavy atom. The molecule has 0 N–H and O–H groups in total. The lowest BCUT2D eigenvalue weighted by Crippen LogP contribution is -2.10. The molecule has 2 nitrogen and oxygen atoms in total. The van der Waals surface area contributed by atoms with E-state index in [0.717, 1.165) is 12.3 Å². The van der Waals surface area contributed by atoms with E-state index in [1.165, 1.54) is 0 Å². The summed E-state index contributed by atoms with van der Waals surface area (Å²) < 4.78 is 42.2. The van der Waals surface area contributed by atoms with Crippen LogP contribution in [0.15, 0.2) is 12.3 Å². The van der Waals surface area contributed by atoms with E-state index in [0.29, 0.717) is 0 Å². The molecule has 0 atom stereocenters. The predicted octanol–water partition coefficient (Wildman–Crippen LogP) is 3.54. The van der Waals surface area contributed by atoms with E-state index in [9.17, 15) is 13.2 Å². The van der Waals surface area contributed by atoms with Crippen LogP contribution in [0.4, 0.5) is 13.2 Å². The van der Waals surface area contributed by atoms with E-state index >= 15 is 0 Å². The van der Waals surface area contributed by atoms with Crippen LogP contribution in [0.1, 0.15) is 19.4 Å². The van der Waals surface area contributed by atoms with Gasteiger partial charge in [0, 0.05) is 6.07 Å². The first kappa shape index (κ1) is 12.1. The van der Waals surface area contributed by atoms with Gasteiger partial charge in [-0.15, -0.1) is 0 Å². The van der Waals surface area contributed by atoms with Gasteiger partial charge in [-0.3, -0.25) is 0 Å². The minimum Gasteiger partial charge on any atom is -0.475 e. The standard InChI is InChI=1S/C9H9ClF3NO/c1-5(2)15-8-3-6(9(11,12)13)7(10)4-14-8/h3-5H,1-2H3.